The second-order valence-corrected chi connectivity index (χ2v) is 17.0. The van der Waals surface area contributed by atoms with Crippen molar-refractivity contribution in [3.05, 3.63) is 85.0 Å². The maximum atomic E-state index is 16.4. The number of alkyl halides is 1. The summed E-state index contributed by atoms with van der Waals surface area (Å²) in [4.78, 5) is 37.2. The molecule has 20 nitrogen and oxygen atoms in total. The molecular formula is C34H34FN10O10PS. The Labute approximate surface area is 325 Å². The molecule has 0 bridgehead atoms. The first-order valence-electron chi connectivity index (χ1n) is 17.3. The topological polar surface area (TPSA) is 280 Å². The van der Waals surface area contributed by atoms with Crippen molar-refractivity contribution in [2.24, 2.45) is 0 Å². The van der Waals surface area contributed by atoms with Crippen LogP contribution in [-0.2, 0) is 28.8 Å². The molecule has 8 rings (SSSR count). The van der Waals surface area contributed by atoms with Crippen LogP contribution in [-0.4, -0.2) is 104 Å². The van der Waals surface area contributed by atoms with Gasteiger partial charge in [0.15, 0.2) is 35.3 Å². The monoisotopic (exact) mass is 824 g/mol. The van der Waals surface area contributed by atoms with Crippen LogP contribution < -0.4 is 16.2 Å². The Balaban J connectivity index is 0.999. The van der Waals surface area contributed by atoms with Gasteiger partial charge in [0.2, 0.25) is 0 Å². The van der Waals surface area contributed by atoms with E-state index in [2.05, 4.69) is 29.9 Å². The quantitative estimate of drug-likeness (QED) is 0.0635. The van der Waals surface area contributed by atoms with Crippen molar-refractivity contribution in [3.8, 4) is 11.5 Å². The molecule has 298 valence electrons. The maximum Gasteiger partial charge on any atom is 0.389 e. The van der Waals surface area contributed by atoms with Gasteiger partial charge in [-0.2, -0.15) is 0 Å². The van der Waals surface area contributed by atoms with E-state index >= 15 is 4.39 Å². The zero-order valence-electron chi connectivity index (χ0n) is 29.5. The van der Waals surface area contributed by atoms with Crippen molar-refractivity contribution < 1.29 is 52.3 Å². The second kappa shape index (κ2) is 15.9. The smallest absolute Gasteiger partial charge is 0.389 e. The predicted molar refractivity (Wildman–Crippen MR) is 199 cm³/mol. The van der Waals surface area contributed by atoms with Crippen LogP contribution in [0.1, 0.15) is 34.8 Å². The number of aliphatic hydroxyl groups excluding tert-OH is 2. The van der Waals surface area contributed by atoms with Gasteiger partial charge in [0.1, 0.15) is 59.7 Å². The molecule has 2 fully saturated rings. The number of hydrogen-bond donors (Lipinski definition) is 5. The number of phenolic OH excluding ortho intramolecular Hbond substituents is 1. The van der Waals surface area contributed by atoms with Gasteiger partial charge in [-0.3, -0.25) is 18.2 Å². The minimum Gasteiger partial charge on any atom is -0.508 e. The lowest BCUT2D eigenvalue weighted by Gasteiger charge is -2.26. The highest BCUT2D eigenvalue weighted by Gasteiger charge is 2.51. The molecule has 7 N–H and O–H groups in total. The summed E-state index contributed by atoms with van der Waals surface area (Å²) in [6, 6.07) is 11.9. The number of benzene rings is 2. The van der Waals surface area contributed by atoms with E-state index in [-0.39, 0.29) is 52.0 Å². The van der Waals surface area contributed by atoms with Crippen LogP contribution in [0.5, 0.6) is 11.5 Å². The third-order valence-electron chi connectivity index (χ3n) is 9.28. The van der Waals surface area contributed by atoms with E-state index in [0.29, 0.717) is 16.7 Å². The number of imidazole rings is 2. The minimum atomic E-state index is -4.40. The molecule has 6 heterocycles. The average molecular weight is 825 g/mol. The molecule has 2 aliphatic heterocycles. The van der Waals surface area contributed by atoms with E-state index in [0.717, 1.165) is 11.4 Å². The number of phenols is 1. The first-order valence-corrected chi connectivity index (χ1v) is 20.4. The SMILES string of the molecule is Nc1ncnc2c1ncn2[C@@H]1O[C@H](CO)C(OP(=O)(OC[C@H]2O[C@@H](n3cnc4c(N)ncnc43)CC2O)SCc2ccc(OC(=O)c3ccc(O)cc3)cc2)C1F. The molecule has 4 aromatic heterocycles. The average Bonchev–Trinajstić information content (AvgIpc) is 3.99. The number of aromatic nitrogens is 8. The second-order valence-electron chi connectivity index (χ2n) is 13.0. The van der Waals surface area contributed by atoms with Crippen LogP contribution in [0, 0.1) is 0 Å². The summed E-state index contributed by atoms with van der Waals surface area (Å²) in [5, 5.41) is 30.7. The molecule has 8 atom stereocenters. The largest absolute Gasteiger partial charge is 0.508 e. The van der Waals surface area contributed by atoms with Crippen LogP contribution in [0.4, 0.5) is 16.0 Å². The van der Waals surface area contributed by atoms with E-state index in [1.165, 1.54) is 66.3 Å². The van der Waals surface area contributed by atoms with Gasteiger partial charge in [0.05, 0.1) is 37.5 Å². The van der Waals surface area contributed by atoms with Crippen LogP contribution in [0.2, 0.25) is 0 Å². The van der Waals surface area contributed by atoms with Gasteiger partial charge in [-0.25, -0.2) is 43.7 Å². The van der Waals surface area contributed by atoms with Gasteiger partial charge >= 0.3 is 12.8 Å². The van der Waals surface area contributed by atoms with E-state index < -0.39 is 69.0 Å². The molecule has 0 radical (unpaired) electrons. The Kier molecular flexibility index (Phi) is 10.8. The summed E-state index contributed by atoms with van der Waals surface area (Å²) < 4.78 is 63.2. The summed E-state index contributed by atoms with van der Waals surface area (Å²) in [6.45, 7) is -5.56. The lowest BCUT2D eigenvalue weighted by atomic mass is 10.1. The van der Waals surface area contributed by atoms with Crippen LogP contribution >= 0.6 is 18.2 Å². The van der Waals surface area contributed by atoms with Gasteiger partial charge in [0.25, 0.3) is 0 Å². The number of nitrogen functional groups attached to an aromatic ring is 2. The summed E-state index contributed by atoms with van der Waals surface area (Å²) in [7, 11) is 0. The van der Waals surface area contributed by atoms with Crippen LogP contribution in [0.3, 0.4) is 0 Å². The van der Waals surface area contributed by atoms with Gasteiger partial charge < -0.3 is 41.0 Å². The van der Waals surface area contributed by atoms with Crippen molar-refractivity contribution in [2.75, 3.05) is 24.7 Å². The van der Waals surface area contributed by atoms with Crippen LogP contribution in [0.25, 0.3) is 22.3 Å². The molecule has 0 amide bonds. The number of hydrogen-bond acceptors (Lipinski definition) is 19. The number of nitrogens with two attached hydrogens (primary N) is 2. The minimum absolute atomic E-state index is 0.00110. The van der Waals surface area contributed by atoms with Gasteiger partial charge in [0, 0.05) is 12.2 Å². The molecule has 0 aliphatic carbocycles. The number of carbonyl (C=O) groups excluding carboxylic acids is 1. The van der Waals surface area contributed by atoms with E-state index in [1.54, 1.807) is 16.7 Å². The first kappa shape index (κ1) is 38.5. The van der Waals surface area contributed by atoms with Gasteiger partial charge in [-0.15, -0.1) is 0 Å². The van der Waals surface area contributed by atoms with Gasteiger partial charge in [-0.1, -0.05) is 12.1 Å². The highest BCUT2D eigenvalue weighted by Crippen LogP contribution is 2.64. The van der Waals surface area contributed by atoms with Crippen molar-refractivity contribution in [1.29, 1.82) is 0 Å². The van der Waals surface area contributed by atoms with Gasteiger partial charge in [-0.05, 0) is 53.3 Å². The summed E-state index contributed by atoms with van der Waals surface area (Å²) in [6.07, 6.45) is -3.93. The highest BCUT2D eigenvalue weighted by molar-refractivity contribution is 8.54. The van der Waals surface area contributed by atoms with Crippen molar-refractivity contribution in [3.63, 3.8) is 0 Å². The maximum absolute atomic E-state index is 16.4. The highest BCUT2D eigenvalue weighted by atomic mass is 32.7. The number of carbonyl (C=O) groups is 1. The number of anilines is 2. The lowest BCUT2D eigenvalue weighted by molar-refractivity contribution is -0.0492. The normalized spacial score (nSPS) is 24.6. The number of nitrogens with zero attached hydrogens (tertiary/aromatic N) is 8. The van der Waals surface area contributed by atoms with Crippen molar-refractivity contribution in [2.45, 2.75) is 55.2 Å². The van der Waals surface area contributed by atoms with Crippen LogP contribution in [0.15, 0.2) is 73.8 Å². The third kappa shape index (κ3) is 7.85. The van der Waals surface area contributed by atoms with Crippen molar-refractivity contribution >= 4 is 58.1 Å². The fourth-order valence-electron chi connectivity index (χ4n) is 6.35. The molecule has 4 unspecified atom stereocenters. The molecule has 2 aromatic carbocycles. The number of fused-ring (bicyclic) bond motifs is 2. The zero-order chi connectivity index (χ0) is 39.8. The number of aromatic hydroxyl groups is 1. The van der Waals surface area contributed by atoms with E-state index in [4.69, 9.17) is 34.7 Å². The Bertz CT molecular complexity index is 2440. The number of aliphatic hydroxyl groups is 2. The number of halogens is 1. The summed E-state index contributed by atoms with van der Waals surface area (Å²) in [5.74, 6) is -0.186. The fraction of sp³-hybridized carbons (Fsp3) is 0.324. The van der Waals surface area contributed by atoms with E-state index in [9.17, 15) is 24.7 Å². The lowest BCUT2D eigenvalue weighted by Crippen LogP contribution is -2.33. The Morgan fingerprint density at radius 1 is 0.912 bits per heavy atom. The zero-order valence-corrected chi connectivity index (χ0v) is 31.2. The summed E-state index contributed by atoms with van der Waals surface area (Å²) in [5.41, 5.74) is 13.8. The molecule has 57 heavy (non-hydrogen) atoms. The van der Waals surface area contributed by atoms with E-state index in [1.807, 2.05) is 0 Å². The third-order valence-corrected chi connectivity index (χ3v) is 12.9. The molecular weight excluding hydrogens is 790 g/mol. The fourth-order valence-corrected chi connectivity index (χ4v) is 9.73. The predicted octanol–water partition coefficient (Wildman–Crippen LogP) is 3.07. The Morgan fingerprint density at radius 3 is 2.23 bits per heavy atom. The first-order chi connectivity index (χ1) is 27.5. The molecule has 6 aromatic rings. The molecule has 23 heteroatoms. The molecule has 0 spiro atoms. The van der Waals surface area contributed by atoms with Crippen molar-refractivity contribution in [1.82, 2.24) is 39.0 Å². The number of rotatable bonds is 13. The standard InChI is InChI=1S/C34H34FN10O10PS/c35-25-28(22(10-46)54-33(25)45-16-43-27-30(37)39-14-41-32(27)45)55-56(50,57-12-17-1-7-20(8-2-17)52-34(49)18-3-5-19(47)6-4-18)51-11-23-21(48)9-24(53-23)44-15-42-26-29(36)38-13-40-31(26)44/h1-8,13-16,21-25,28,33,46-48H,9-12H2,(H2,36,38,40)(H2,37,39,41)/t21?,22-,23-,24-,25?,28?,33-,56?/m1/s1. The number of ether oxygens (including phenoxy) is 3. The Morgan fingerprint density at radius 2 is 1.56 bits per heavy atom. The Hall–Kier alpha value is -5.32. The molecule has 0 saturated carbocycles. The molecule has 2 saturated heterocycles. The summed E-state index contributed by atoms with van der Waals surface area (Å²) >= 11 is 0.722. The molecule has 2 aliphatic rings. The number of esters is 1.